The van der Waals surface area contributed by atoms with E-state index in [4.69, 9.17) is 4.74 Å². The normalized spacial score (nSPS) is 22.1. The second-order valence-electron chi connectivity index (χ2n) is 7.89. The molecule has 2 amide bonds. The Labute approximate surface area is 185 Å². The van der Waals surface area contributed by atoms with E-state index in [2.05, 4.69) is 39.5 Å². The van der Waals surface area contributed by atoms with Gasteiger partial charge in [0.05, 0.1) is 23.6 Å². The molecule has 2 atom stereocenters. The van der Waals surface area contributed by atoms with Crippen molar-refractivity contribution in [3.05, 3.63) is 40.9 Å². The van der Waals surface area contributed by atoms with E-state index in [1.807, 2.05) is 36.6 Å². The Hall–Kier alpha value is -2.82. The number of nitrogens with zero attached hydrogens (tertiary/aromatic N) is 4. The first-order valence-corrected chi connectivity index (χ1v) is 11.1. The number of aromatic nitrogens is 1. The Morgan fingerprint density at radius 3 is 2.68 bits per heavy atom. The lowest BCUT2D eigenvalue weighted by Gasteiger charge is -2.34. The summed E-state index contributed by atoms with van der Waals surface area (Å²) in [6.07, 6.45) is 0.382. The number of amides is 2. The van der Waals surface area contributed by atoms with Crippen LogP contribution in [0.1, 0.15) is 25.1 Å². The van der Waals surface area contributed by atoms with E-state index in [0.717, 1.165) is 24.3 Å². The first-order chi connectivity index (χ1) is 14.9. The molecule has 9 nitrogen and oxygen atoms in total. The van der Waals surface area contributed by atoms with Crippen LogP contribution in [0.4, 0.5) is 10.8 Å². The van der Waals surface area contributed by atoms with Crippen molar-refractivity contribution < 1.29 is 14.3 Å². The number of carbonyl (C=O) groups excluding carboxylic acids is 2. The first-order valence-electron chi connectivity index (χ1n) is 10.2. The van der Waals surface area contributed by atoms with Gasteiger partial charge in [-0.05, 0) is 32.9 Å². The van der Waals surface area contributed by atoms with Crippen molar-refractivity contribution >= 4 is 39.8 Å². The molecule has 0 spiro atoms. The van der Waals surface area contributed by atoms with Crippen LogP contribution in [0.2, 0.25) is 0 Å². The van der Waals surface area contributed by atoms with Crippen LogP contribution in [0, 0.1) is 6.92 Å². The maximum absolute atomic E-state index is 12.7. The summed E-state index contributed by atoms with van der Waals surface area (Å²) in [5.74, 6) is -0.585. The van der Waals surface area contributed by atoms with Gasteiger partial charge in [-0.1, -0.05) is 17.7 Å². The van der Waals surface area contributed by atoms with Crippen LogP contribution in [-0.4, -0.2) is 59.4 Å². The molecule has 2 aliphatic heterocycles. The van der Waals surface area contributed by atoms with Gasteiger partial charge < -0.3 is 4.74 Å². The Balaban J connectivity index is 1.37. The number of rotatable bonds is 5. The van der Waals surface area contributed by atoms with Crippen LogP contribution in [-0.2, 0) is 20.9 Å². The van der Waals surface area contributed by atoms with E-state index in [9.17, 15) is 9.59 Å². The number of hydrogen-bond donors (Lipinski definition) is 2. The minimum absolute atomic E-state index is 0.0766. The first kappa shape index (κ1) is 21.4. The number of aryl methyl sites for hydroxylation is 1. The Kier molecular flexibility index (Phi) is 6.30. The van der Waals surface area contributed by atoms with Crippen molar-refractivity contribution in [2.75, 3.05) is 30.0 Å². The van der Waals surface area contributed by atoms with Gasteiger partial charge >= 0.3 is 0 Å². The van der Waals surface area contributed by atoms with Crippen LogP contribution in [0.25, 0.3) is 0 Å². The summed E-state index contributed by atoms with van der Waals surface area (Å²) in [4.78, 5) is 35.8. The van der Waals surface area contributed by atoms with Crippen LogP contribution in [0.5, 0.6) is 0 Å². The number of aliphatic imine (C=N–C) groups is 1. The third-order valence-corrected chi connectivity index (χ3v) is 5.81. The summed E-state index contributed by atoms with van der Waals surface area (Å²) in [7, 11) is 0. The highest BCUT2D eigenvalue weighted by Gasteiger charge is 2.26. The van der Waals surface area contributed by atoms with E-state index < -0.39 is 5.91 Å². The standard InChI is InChI=1S/C21H26N6O3S/c1-13-4-6-17(7-5-13)27-18(28)8-22-19(25-27)20(29)24-21-23-16(12-31-21)11-26-9-14(2)30-15(3)10-26/h4-7,12,14-15H,8-11H2,1-3H3,(H,22,25)(H,23,24,29). The van der Waals surface area contributed by atoms with Crippen LogP contribution < -0.4 is 15.8 Å². The highest BCUT2D eigenvalue weighted by atomic mass is 32.1. The number of anilines is 2. The summed E-state index contributed by atoms with van der Waals surface area (Å²) in [5.41, 5.74) is 5.45. The van der Waals surface area contributed by atoms with E-state index in [1.165, 1.54) is 16.3 Å². The predicted molar refractivity (Wildman–Crippen MR) is 120 cm³/mol. The lowest BCUT2D eigenvalue weighted by Crippen LogP contribution is -2.54. The smallest absolute Gasteiger partial charge is 0.294 e. The molecule has 4 rings (SSSR count). The molecule has 2 aromatic rings. The molecule has 31 heavy (non-hydrogen) atoms. The number of hydrazine groups is 1. The molecule has 164 valence electrons. The Bertz CT molecular complexity index is 979. The van der Waals surface area contributed by atoms with Gasteiger partial charge in [-0.3, -0.25) is 30.2 Å². The Morgan fingerprint density at radius 1 is 1.26 bits per heavy atom. The monoisotopic (exact) mass is 442 g/mol. The fourth-order valence-electron chi connectivity index (χ4n) is 3.68. The van der Waals surface area contributed by atoms with Crippen molar-refractivity contribution in [1.82, 2.24) is 15.3 Å². The van der Waals surface area contributed by atoms with Crippen molar-refractivity contribution in [2.24, 2.45) is 4.99 Å². The molecule has 10 heteroatoms. The summed E-state index contributed by atoms with van der Waals surface area (Å²) in [6, 6.07) is 7.45. The van der Waals surface area contributed by atoms with Gasteiger partial charge in [0.1, 0.15) is 6.54 Å². The molecule has 0 radical (unpaired) electrons. The zero-order valence-electron chi connectivity index (χ0n) is 17.8. The van der Waals surface area contributed by atoms with Crippen molar-refractivity contribution in [3.8, 4) is 0 Å². The minimum Gasteiger partial charge on any atom is -0.373 e. The third-order valence-electron chi connectivity index (χ3n) is 5.00. The maximum Gasteiger partial charge on any atom is 0.294 e. The molecule has 0 bridgehead atoms. The summed E-state index contributed by atoms with van der Waals surface area (Å²) in [5, 5.41) is 6.56. The number of amidine groups is 1. The van der Waals surface area contributed by atoms with E-state index in [1.54, 1.807) is 0 Å². The van der Waals surface area contributed by atoms with E-state index in [-0.39, 0.29) is 30.5 Å². The maximum atomic E-state index is 12.7. The molecular weight excluding hydrogens is 416 g/mol. The van der Waals surface area contributed by atoms with E-state index >= 15 is 0 Å². The molecular formula is C21H26N6O3S. The van der Waals surface area contributed by atoms with Gasteiger partial charge in [-0.25, -0.2) is 9.99 Å². The summed E-state index contributed by atoms with van der Waals surface area (Å²) in [6.45, 7) is 8.42. The van der Waals surface area contributed by atoms with Crippen molar-refractivity contribution in [3.63, 3.8) is 0 Å². The summed E-state index contributed by atoms with van der Waals surface area (Å²) >= 11 is 1.37. The fraction of sp³-hybridized carbons (Fsp3) is 0.429. The van der Waals surface area contributed by atoms with Gasteiger partial charge in [-0.2, -0.15) is 0 Å². The molecule has 1 aromatic heterocycles. The molecule has 0 aliphatic carbocycles. The number of benzene rings is 1. The van der Waals surface area contributed by atoms with Crippen LogP contribution in [0.3, 0.4) is 0 Å². The highest BCUT2D eigenvalue weighted by Crippen LogP contribution is 2.20. The third kappa shape index (κ3) is 5.27. The summed E-state index contributed by atoms with van der Waals surface area (Å²) < 4.78 is 5.77. The Morgan fingerprint density at radius 2 is 1.97 bits per heavy atom. The van der Waals surface area contributed by atoms with Gasteiger partial charge in [0, 0.05) is 25.0 Å². The number of morpholine rings is 1. The van der Waals surface area contributed by atoms with Gasteiger partial charge in [-0.15, -0.1) is 11.3 Å². The second kappa shape index (κ2) is 9.13. The van der Waals surface area contributed by atoms with Gasteiger partial charge in [0.25, 0.3) is 11.8 Å². The number of carbonyl (C=O) groups is 2. The largest absolute Gasteiger partial charge is 0.373 e. The molecule has 1 saturated heterocycles. The molecule has 2 aliphatic rings. The lowest BCUT2D eigenvalue weighted by atomic mass is 10.2. The van der Waals surface area contributed by atoms with Gasteiger partial charge in [0.2, 0.25) is 5.84 Å². The average Bonchev–Trinajstić information content (AvgIpc) is 3.15. The molecule has 0 saturated carbocycles. The SMILES string of the molecule is Cc1ccc(N2NC(C(=O)Nc3nc(CN4CC(C)OC(C)C4)cs3)=NCC2=O)cc1. The molecule has 2 N–H and O–H groups in total. The zero-order chi connectivity index (χ0) is 22.0. The molecule has 2 unspecified atom stereocenters. The number of hydrogen-bond acceptors (Lipinski definition) is 8. The zero-order valence-corrected chi connectivity index (χ0v) is 18.6. The highest BCUT2D eigenvalue weighted by molar-refractivity contribution is 7.14. The number of nitrogens with one attached hydrogen (secondary N) is 2. The lowest BCUT2D eigenvalue weighted by molar-refractivity contribution is -0.118. The molecule has 3 heterocycles. The fourth-order valence-corrected chi connectivity index (χ4v) is 4.38. The molecule has 1 fully saturated rings. The van der Waals surface area contributed by atoms with Crippen molar-refractivity contribution in [1.29, 1.82) is 0 Å². The quantitative estimate of drug-likeness (QED) is 0.734. The van der Waals surface area contributed by atoms with Crippen LogP contribution in [0.15, 0.2) is 34.6 Å². The second-order valence-corrected chi connectivity index (χ2v) is 8.75. The predicted octanol–water partition coefficient (Wildman–Crippen LogP) is 1.95. The van der Waals surface area contributed by atoms with Gasteiger partial charge in [0.15, 0.2) is 5.13 Å². The minimum atomic E-state index is -0.431. The average molecular weight is 443 g/mol. The molecule has 1 aromatic carbocycles. The number of thiazole rings is 1. The van der Waals surface area contributed by atoms with E-state index in [0.29, 0.717) is 17.4 Å². The number of ether oxygens (including phenoxy) is 1. The van der Waals surface area contributed by atoms with Crippen molar-refractivity contribution in [2.45, 2.75) is 39.5 Å². The topological polar surface area (TPSA) is 99.2 Å². The van der Waals surface area contributed by atoms with Crippen LogP contribution >= 0.6 is 11.3 Å².